The number of hydrogen-bond acceptors (Lipinski definition) is 4. The van der Waals surface area contributed by atoms with Crippen LogP contribution in [0.15, 0.2) is 54.6 Å². The molecule has 2 aromatic carbocycles. The molecule has 30 heavy (non-hydrogen) atoms. The molecule has 162 valence electrons. The first kappa shape index (κ1) is 23.3. The van der Waals surface area contributed by atoms with Gasteiger partial charge in [-0.3, -0.25) is 0 Å². The van der Waals surface area contributed by atoms with Crippen LogP contribution in [0.1, 0.15) is 44.7 Å². The largest absolute Gasteiger partial charge is 0.489 e. The topological polar surface area (TPSA) is 38.8 Å². The molecule has 1 heterocycles. The maximum Gasteiger partial charge on any atom is 0.410 e. The molecule has 1 amide bonds. The van der Waals surface area contributed by atoms with Gasteiger partial charge in [0.1, 0.15) is 18.0 Å². The molecule has 4 nitrogen and oxygen atoms in total. The third-order valence-corrected chi connectivity index (χ3v) is 6.69. The predicted octanol–water partition coefficient (Wildman–Crippen LogP) is 6.66. The molecule has 0 saturated carbocycles. The van der Waals surface area contributed by atoms with Crippen LogP contribution in [0.4, 0.5) is 4.79 Å². The van der Waals surface area contributed by atoms with Gasteiger partial charge in [0, 0.05) is 17.8 Å². The lowest BCUT2D eigenvalue weighted by atomic mass is 10.0. The summed E-state index contributed by atoms with van der Waals surface area (Å²) in [6.45, 7) is 6.32. The standard InChI is InChI=1S/C24H30INO3S/c1-24(2,3)29-23(27)26-20(12-13-21(26)17-30-25)14-19-10-7-11-22(15-19)28-16-18-8-5-4-6-9-18/h4-11,15,20-21H,12-14,16-17H2,1-3H3. The summed E-state index contributed by atoms with van der Waals surface area (Å²) < 4.78 is 11.7. The minimum absolute atomic E-state index is 0.151. The van der Waals surface area contributed by atoms with Crippen LogP contribution in [0.2, 0.25) is 0 Å². The number of halogens is 1. The first-order valence-electron chi connectivity index (χ1n) is 10.4. The van der Waals surface area contributed by atoms with Crippen LogP contribution in [-0.4, -0.2) is 34.4 Å². The predicted molar refractivity (Wildman–Crippen MR) is 132 cm³/mol. The van der Waals surface area contributed by atoms with Crippen molar-refractivity contribution < 1.29 is 14.3 Å². The van der Waals surface area contributed by atoms with Crippen molar-refractivity contribution in [2.45, 2.75) is 64.3 Å². The van der Waals surface area contributed by atoms with E-state index in [1.807, 2.05) is 56.0 Å². The highest BCUT2D eigenvalue weighted by atomic mass is 127. The molecule has 0 bridgehead atoms. The number of ether oxygens (including phenoxy) is 2. The van der Waals surface area contributed by atoms with E-state index in [4.69, 9.17) is 9.47 Å². The van der Waals surface area contributed by atoms with E-state index in [1.54, 1.807) is 8.93 Å². The second kappa shape index (κ2) is 10.8. The minimum atomic E-state index is -0.489. The normalized spacial score (nSPS) is 19.0. The molecule has 0 spiro atoms. The first-order chi connectivity index (χ1) is 14.4. The van der Waals surface area contributed by atoms with E-state index in [-0.39, 0.29) is 18.2 Å². The summed E-state index contributed by atoms with van der Waals surface area (Å²) in [5.74, 6) is 1.79. The quantitative estimate of drug-likeness (QED) is 0.369. The van der Waals surface area contributed by atoms with Gasteiger partial charge in [0.2, 0.25) is 0 Å². The van der Waals surface area contributed by atoms with Crippen molar-refractivity contribution in [3.05, 3.63) is 65.7 Å². The van der Waals surface area contributed by atoms with E-state index >= 15 is 0 Å². The number of hydrogen-bond donors (Lipinski definition) is 0. The summed E-state index contributed by atoms with van der Waals surface area (Å²) in [4.78, 5) is 14.9. The summed E-state index contributed by atoms with van der Waals surface area (Å²) in [5.41, 5.74) is 1.84. The van der Waals surface area contributed by atoms with Gasteiger partial charge in [-0.1, -0.05) is 51.4 Å². The summed E-state index contributed by atoms with van der Waals surface area (Å²) in [7, 11) is 1.75. The van der Waals surface area contributed by atoms with E-state index < -0.39 is 5.60 Å². The smallest absolute Gasteiger partial charge is 0.410 e. The van der Waals surface area contributed by atoms with Crippen LogP contribution >= 0.6 is 30.1 Å². The van der Waals surface area contributed by atoms with Gasteiger partial charge in [-0.2, -0.15) is 0 Å². The van der Waals surface area contributed by atoms with E-state index in [1.165, 1.54) is 5.56 Å². The molecular weight excluding hydrogens is 509 g/mol. The van der Waals surface area contributed by atoms with Gasteiger partial charge >= 0.3 is 6.09 Å². The zero-order chi connectivity index (χ0) is 21.6. The van der Waals surface area contributed by atoms with Crippen LogP contribution in [0, 0.1) is 0 Å². The van der Waals surface area contributed by atoms with Gasteiger partial charge < -0.3 is 14.4 Å². The minimum Gasteiger partial charge on any atom is -0.489 e. The van der Waals surface area contributed by atoms with Crippen LogP contribution in [0.5, 0.6) is 5.75 Å². The average Bonchev–Trinajstić information content (AvgIpc) is 3.09. The molecule has 2 atom stereocenters. The Labute approximate surface area is 196 Å². The molecule has 3 rings (SSSR count). The van der Waals surface area contributed by atoms with Crippen molar-refractivity contribution in [2.24, 2.45) is 0 Å². The molecule has 1 aliphatic heterocycles. The highest BCUT2D eigenvalue weighted by molar-refractivity contribution is 14.2. The number of benzene rings is 2. The summed E-state index contributed by atoms with van der Waals surface area (Å²) in [6.07, 6.45) is 2.63. The maximum absolute atomic E-state index is 12.9. The Morgan fingerprint density at radius 1 is 1.07 bits per heavy atom. The van der Waals surface area contributed by atoms with Crippen LogP contribution < -0.4 is 4.74 Å². The Balaban J connectivity index is 1.68. The van der Waals surface area contributed by atoms with Crippen molar-refractivity contribution in [3.8, 4) is 5.75 Å². The first-order valence-corrected chi connectivity index (χ1v) is 13.9. The van der Waals surface area contributed by atoms with Crippen LogP contribution in [0.3, 0.4) is 0 Å². The SMILES string of the molecule is CC(C)(C)OC(=O)N1C(CSI)CCC1Cc1cccc(OCc2ccccc2)c1. The second-order valence-corrected chi connectivity index (χ2v) is 11.1. The van der Waals surface area contributed by atoms with Crippen molar-refractivity contribution in [2.75, 3.05) is 5.75 Å². The third-order valence-electron chi connectivity index (χ3n) is 5.10. The molecule has 2 unspecified atom stereocenters. The Kier molecular flexibility index (Phi) is 8.34. The van der Waals surface area contributed by atoms with Crippen molar-refractivity contribution in [1.82, 2.24) is 4.90 Å². The number of carbonyl (C=O) groups is 1. The lowest BCUT2D eigenvalue weighted by Gasteiger charge is -2.32. The van der Waals surface area contributed by atoms with Crippen molar-refractivity contribution in [3.63, 3.8) is 0 Å². The van der Waals surface area contributed by atoms with E-state index in [2.05, 4.69) is 45.5 Å². The van der Waals surface area contributed by atoms with Crippen LogP contribution in [0.25, 0.3) is 0 Å². The zero-order valence-electron chi connectivity index (χ0n) is 17.8. The van der Waals surface area contributed by atoms with E-state index in [0.29, 0.717) is 6.61 Å². The van der Waals surface area contributed by atoms with Gasteiger partial charge in [0.05, 0.1) is 0 Å². The molecule has 6 heteroatoms. The number of likely N-dealkylation sites (tertiary alicyclic amines) is 1. The second-order valence-electron chi connectivity index (χ2n) is 8.67. The molecule has 1 fully saturated rings. The average molecular weight is 539 g/mol. The number of carbonyl (C=O) groups excluding carboxylic acids is 1. The fraction of sp³-hybridized carbons (Fsp3) is 0.458. The lowest BCUT2D eigenvalue weighted by Crippen LogP contribution is -2.45. The van der Waals surface area contributed by atoms with Gasteiger partial charge in [-0.25, -0.2) is 4.79 Å². The molecule has 0 aliphatic carbocycles. The molecule has 1 aliphatic rings. The monoisotopic (exact) mass is 539 g/mol. The maximum atomic E-state index is 12.9. The molecule has 0 radical (unpaired) electrons. The van der Waals surface area contributed by atoms with Crippen LogP contribution in [-0.2, 0) is 17.8 Å². The number of nitrogens with zero attached hydrogens (tertiary/aromatic N) is 1. The fourth-order valence-corrected chi connectivity index (χ4v) is 5.50. The van der Waals surface area contributed by atoms with E-state index in [0.717, 1.165) is 36.3 Å². The van der Waals surface area contributed by atoms with Gasteiger partial charge in [-0.05, 0) is 84.5 Å². The van der Waals surface area contributed by atoms with Gasteiger partial charge in [0.25, 0.3) is 0 Å². The van der Waals surface area contributed by atoms with Gasteiger partial charge in [0.15, 0.2) is 0 Å². The summed E-state index contributed by atoms with van der Waals surface area (Å²) in [6, 6.07) is 18.8. The highest BCUT2D eigenvalue weighted by Crippen LogP contribution is 2.32. The Morgan fingerprint density at radius 3 is 2.47 bits per heavy atom. The van der Waals surface area contributed by atoms with Crippen molar-refractivity contribution in [1.29, 1.82) is 0 Å². The lowest BCUT2D eigenvalue weighted by molar-refractivity contribution is 0.0164. The molecule has 1 saturated heterocycles. The third kappa shape index (κ3) is 6.80. The Morgan fingerprint density at radius 2 is 1.77 bits per heavy atom. The number of amides is 1. The summed E-state index contributed by atoms with van der Waals surface area (Å²) >= 11 is 2.31. The Bertz CT molecular complexity index is 825. The Hall–Kier alpha value is -1.41. The van der Waals surface area contributed by atoms with E-state index in [9.17, 15) is 4.79 Å². The molecule has 0 aromatic heterocycles. The van der Waals surface area contributed by atoms with Gasteiger partial charge in [-0.15, -0.1) is 0 Å². The molecule has 2 aromatic rings. The van der Waals surface area contributed by atoms with Crippen molar-refractivity contribution >= 4 is 36.2 Å². The number of rotatable bonds is 7. The molecular formula is C24H30INO3S. The summed E-state index contributed by atoms with van der Waals surface area (Å²) in [5, 5.41) is 0. The molecule has 0 N–H and O–H groups in total. The fourth-order valence-electron chi connectivity index (χ4n) is 3.79. The zero-order valence-corrected chi connectivity index (χ0v) is 20.8. The highest BCUT2D eigenvalue weighted by Gasteiger charge is 2.39.